The second-order valence-corrected chi connectivity index (χ2v) is 7.74. The highest BCUT2D eigenvalue weighted by Gasteiger charge is 2.44. The molecule has 3 rings (SSSR count). The molecule has 0 fully saturated rings. The van der Waals surface area contributed by atoms with Gasteiger partial charge in [-0.25, -0.2) is 0 Å². The van der Waals surface area contributed by atoms with Gasteiger partial charge in [0.2, 0.25) is 5.78 Å². The fraction of sp³-hybridized carbons (Fsp3) is 0.440. The van der Waals surface area contributed by atoms with Crippen molar-refractivity contribution in [1.82, 2.24) is 4.90 Å². The van der Waals surface area contributed by atoms with E-state index in [1.165, 1.54) is 18.1 Å². The van der Waals surface area contributed by atoms with Gasteiger partial charge in [-0.1, -0.05) is 19.4 Å². The van der Waals surface area contributed by atoms with Gasteiger partial charge in [-0.15, -0.1) is 0 Å². The average Bonchev–Trinajstić information content (AvgIpc) is 3.34. The van der Waals surface area contributed by atoms with E-state index in [1.807, 2.05) is 6.92 Å². The minimum atomic E-state index is -0.825. The summed E-state index contributed by atoms with van der Waals surface area (Å²) in [6, 6.07) is 7.67. The number of aryl methyl sites for hydroxylation is 1. The fourth-order valence-electron chi connectivity index (χ4n) is 3.75. The highest BCUT2D eigenvalue weighted by molar-refractivity contribution is 6.15. The monoisotopic (exact) mass is 457 g/mol. The van der Waals surface area contributed by atoms with Gasteiger partial charge in [-0.2, -0.15) is 0 Å². The number of benzene rings is 1. The summed E-state index contributed by atoms with van der Waals surface area (Å²) < 4.78 is 22.3. The van der Waals surface area contributed by atoms with E-state index in [2.05, 4.69) is 6.92 Å². The molecule has 0 bridgehead atoms. The lowest BCUT2D eigenvalue weighted by Crippen LogP contribution is -2.34. The molecule has 1 unspecified atom stereocenters. The van der Waals surface area contributed by atoms with E-state index in [4.69, 9.17) is 18.6 Å². The van der Waals surface area contributed by atoms with E-state index in [0.29, 0.717) is 36.0 Å². The molecule has 33 heavy (non-hydrogen) atoms. The zero-order chi connectivity index (χ0) is 24.0. The van der Waals surface area contributed by atoms with Gasteiger partial charge in [0.25, 0.3) is 5.91 Å². The number of hydrogen-bond acceptors (Lipinski definition) is 7. The van der Waals surface area contributed by atoms with Crippen LogP contribution in [0.3, 0.4) is 0 Å². The summed E-state index contributed by atoms with van der Waals surface area (Å²) in [4.78, 5) is 27.6. The standard InChI is InChI=1S/C25H31NO7/c1-5-7-13-32-18-11-9-17(15-20(18)31-6-2)22-21(23(27)19-10-8-16(3)33-19)24(28)25(29)26(22)12-14-30-4/h8-11,15,22,28H,5-7,12-14H2,1-4H3. The number of furan rings is 1. The molecule has 0 saturated heterocycles. The molecule has 2 aromatic rings. The first kappa shape index (κ1) is 24.4. The van der Waals surface area contributed by atoms with E-state index in [-0.39, 0.29) is 24.5 Å². The molecule has 1 amide bonds. The van der Waals surface area contributed by atoms with Crippen LogP contribution in [-0.4, -0.2) is 55.2 Å². The summed E-state index contributed by atoms with van der Waals surface area (Å²) in [5.41, 5.74) is 0.578. The lowest BCUT2D eigenvalue weighted by Gasteiger charge is -2.27. The van der Waals surface area contributed by atoms with Crippen molar-refractivity contribution in [1.29, 1.82) is 0 Å². The van der Waals surface area contributed by atoms with E-state index in [0.717, 1.165) is 12.8 Å². The number of nitrogens with zero attached hydrogens (tertiary/aromatic N) is 1. The number of rotatable bonds is 12. The predicted molar refractivity (Wildman–Crippen MR) is 122 cm³/mol. The molecule has 178 valence electrons. The van der Waals surface area contributed by atoms with Crippen LogP contribution in [0.25, 0.3) is 0 Å². The van der Waals surface area contributed by atoms with Crippen molar-refractivity contribution >= 4 is 11.7 Å². The first-order valence-electron chi connectivity index (χ1n) is 11.2. The molecule has 1 aromatic heterocycles. The van der Waals surface area contributed by atoms with Gasteiger partial charge in [0.05, 0.1) is 31.4 Å². The van der Waals surface area contributed by atoms with Crippen LogP contribution < -0.4 is 9.47 Å². The van der Waals surface area contributed by atoms with Crippen LogP contribution in [0.1, 0.15) is 54.6 Å². The van der Waals surface area contributed by atoms with Gasteiger partial charge >= 0.3 is 0 Å². The summed E-state index contributed by atoms with van der Waals surface area (Å²) in [5, 5.41) is 10.7. The number of unbranched alkanes of at least 4 members (excludes halogenated alkanes) is 1. The quantitative estimate of drug-likeness (QED) is 0.373. The predicted octanol–water partition coefficient (Wildman–Crippen LogP) is 4.39. The number of carbonyl (C=O) groups excluding carboxylic acids is 2. The van der Waals surface area contributed by atoms with Gasteiger partial charge < -0.3 is 28.6 Å². The number of Topliss-reactive ketones (excluding diaryl/α,β-unsaturated/α-hetero) is 1. The maximum Gasteiger partial charge on any atom is 0.290 e. The first-order chi connectivity index (χ1) is 15.9. The molecular formula is C25H31NO7. The Morgan fingerprint density at radius 1 is 1.12 bits per heavy atom. The average molecular weight is 458 g/mol. The molecule has 2 heterocycles. The van der Waals surface area contributed by atoms with Crippen LogP contribution in [0.5, 0.6) is 11.5 Å². The largest absolute Gasteiger partial charge is 0.503 e. The van der Waals surface area contributed by atoms with Crippen molar-refractivity contribution in [2.75, 3.05) is 33.5 Å². The van der Waals surface area contributed by atoms with E-state index < -0.39 is 23.5 Å². The zero-order valence-corrected chi connectivity index (χ0v) is 19.6. The minimum absolute atomic E-state index is 0.0347. The molecule has 8 nitrogen and oxygen atoms in total. The van der Waals surface area contributed by atoms with Crippen LogP contribution in [-0.2, 0) is 9.53 Å². The summed E-state index contributed by atoms with van der Waals surface area (Å²) >= 11 is 0. The van der Waals surface area contributed by atoms with Crippen LogP contribution in [0, 0.1) is 6.92 Å². The van der Waals surface area contributed by atoms with E-state index in [9.17, 15) is 14.7 Å². The Bertz CT molecular complexity index is 1020. The van der Waals surface area contributed by atoms with Crippen molar-refractivity contribution < 1.29 is 33.3 Å². The molecule has 1 atom stereocenters. The van der Waals surface area contributed by atoms with Crippen molar-refractivity contribution in [3.05, 3.63) is 58.7 Å². The molecule has 1 aromatic carbocycles. The smallest absolute Gasteiger partial charge is 0.290 e. The Hall–Kier alpha value is -3.26. The third-order valence-electron chi connectivity index (χ3n) is 5.39. The van der Waals surface area contributed by atoms with Crippen LogP contribution >= 0.6 is 0 Å². The van der Waals surface area contributed by atoms with Crippen molar-refractivity contribution in [2.24, 2.45) is 0 Å². The number of ketones is 1. The molecule has 8 heteroatoms. The number of ether oxygens (including phenoxy) is 3. The fourth-order valence-corrected chi connectivity index (χ4v) is 3.75. The molecule has 1 aliphatic heterocycles. The Morgan fingerprint density at radius 3 is 2.55 bits per heavy atom. The van der Waals surface area contributed by atoms with Gasteiger partial charge in [0, 0.05) is 13.7 Å². The van der Waals surface area contributed by atoms with Crippen molar-refractivity contribution in [3.8, 4) is 11.5 Å². The van der Waals surface area contributed by atoms with Gasteiger partial charge in [0.1, 0.15) is 5.76 Å². The maximum atomic E-state index is 13.3. The SMILES string of the molecule is CCCCOc1ccc(C2C(C(=O)c3ccc(C)o3)=C(O)C(=O)N2CCOC)cc1OCC. The summed E-state index contributed by atoms with van der Waals surface area (Å²) in [6.07, 6.45) is 1.91. The van der Waals surface area contributed by atoms with Crippen LogP contribution in [0.4, 0.5) is 0 Å². The summed E-state index contributed by atoms with van der Waals surface area (Å²) in [6.45, 7) is 7.08. The lowest BCUT2D eigenvalue weighted by atomic mass is 9.94. The number of carbonyl (C=O) groups is 2. The third-order valence-corrected chi connectivity index (χ3v) is 5.39. The number of hydrogen-bond donors (Lipinski definition) is 1. The Balaban J connectivity index is 2.05. The highest BCUT2D eigenvalue weighted by atomic mass is 16.5. The second kappa shape index (κ2) is 11.0. The molecule has 0 spiro atoms. The van der Waals surface area contributed by atoms with Gasteiger partial charge in [0.15, 0.2) is 23.0 Å². The maximum absolute atomic E-state index is 13.3. The summed E-state index contributed by atoms with van der Waals surface area (Å²) in [5.74, 6) is -0.0454. The Kier molecular flexibility index (Phi) is 8.16. The van der Waals surface area contributed by atoms with Crippen molar-refractivity contribution in [2.45, 2.75) is 39.7 Å². The number of amides is 1. The number of methoxy groups -OCH3 is 1. The molecular weight excluding hydrogens is 426 g/mol. The summed E-state index contributed by atoms with van der Waals surface area (Å²) in [7, 11) is 1.52. The third kappa shape index (κ3) is 5.22. The molecule has 1 N–H and O–H groups in total. The van der Waals surface area contributed by atoms with E-state index in [1.54, 1.807) is 31.2 Å². The molecule has 0 radical (unpaired) electrons. The minimum Gasteiger partial charge on any atom is -0.503 e. The van der Waals surface area contributed by atoms with Crippen LogP contribution in [0.2, 0.25) is 0 Å². The van der Waals surface area contributed by atoms with E-state index >= 15 is 0 Å². The normalized spacial score (nSPS) is 15.9. The van der Waals surface area contributed by atoms with Gasteiger partial charge in [-0.05, 0) is 50.1 Å². The van der Waals surface area contributed by atoms with Crippen molar-refractivity contribution in [3.63, 3.8) is 0 Å². The van der Waals surface area contributed by atoms with Crippen LogP contribution in [0.15, 0.2) is 46.1 Å². The Morgan fingerprint density at radius 2 is 1.91 bits per heavy atom. The number of aliphatic hydroxyl groups excluding tert-OH is 1. The van der Waals surface area contributed by atoms with Gasteiger partial charge in [-0.3, -0.25) is 9.59 Å². The molecule has 0 saturated carbocycles. The molecule has 1 aliphatic rings. The first-order valence-corrected chi connectivity index (χ1v) is 11.2. The highest BCUT2D eigenvalue weighted by Crippen LogP contribution is 2.41. The second-order valence-electron chi connectivity index (χ2n) is 7.74. The Labute approximate surface area is 193 Å². The molecule has 0 aliphatic carbocycles. The topological polar surface area (TPSA) is 98.4 Å². The zero-order valence-electron chi connectivity index (χ0n) is 19.6. The number of aliphatic hydroxyl groups is 1. The lowest BCUT2D eigenvalue weighted by molar-refractivity contribution is -0.130.